The van der Waals surface area contributed by atoms with E-state index in [0.29, 0.717) is 13.0 Å². The van der Waals surface area contributed by atoms with Crippen molar-refractivity contribution in [2.24, 2.45) is 11.8 Å². The third kappa shape index (κ3) is 4.59. The first kappa shape index (κ1) is 24.4. The predicted molar refractivity (Wildman–Crippen MR) is 116 cm³/mol. The number of carbonyl (C=O) groups is 3. The molecule has 3 N–H and O–H groups in total. The van der Waals surface area contributed by atoms with Crippen molar-refractivity contribution in [2.75, 3.05) is 6.54 Å². The Balaban J connectivity index is 1.58. The summed E-state index contributed by atoms with van der Waals surface area (Å²) in [6.45, 7) is 0.470. The minimum atomic E-state index is -3.17. The highest BCUT2D eigenvalue weighted by atomic mass is 35.5. The highest BCUT2D eigenvalue weighted by Crippen LogP contribution is 2.49. The van der Waals surface area contributed by atoms with Crippen molar-refractivity contribution in [3.63, 3.8) is 0 Å². The number of nitrogens with one attached hydrogen (secondary N) is 2. The summed E-state index contributed by atoms with van der Waals surface area (Å²) in [4.78, 5) is 39.4. The molecule has 11 heteroatoms. The van der Waals surface area contributed by atoms with E-state index in [-0.39, 0.29) is 35.8 Å². The molecule has 0 spiro atoms. The van der Waals surface area contributed by atoms with E-state index in [1.807, 2.05) is 6.07 Å². The van der Waals surface area contributed by atoms with Gasteiger partial charge in [0.15, 0.2) is 6.10 Å². The summed E-state index contributed by atoms with van der Waals surface area (Å²) in [5, 5.41) is 25.6. The van der Waals surface area contributed by atoms with E-state index in [4.69, 9.17) is 11.6 Å². The van der Waals surface area contributed by atoms with Crippen molar-refractivity contribution in [1.29, 1.82) is 5.26 Å². The number of hydrogen-bond acceptors (Lipinski definition) is 5. The van der Waals surface area contributed by atoms with Crippen LogP contribution in [0.5, 0.6) is 0 Å². The molecule has 1 saturated carbocycles. The van der Waals surface area contributed by atoms with E-state index in [1.54, 1.807) is 12.1 Å². The molecule has 34 heavy (non-hydrogen) atoms. The molecule has 0 unspecified atom stereocenters. The van der Waals surface area contributed by atoms with Crippen LogP contribution in [-0.4, -0.2) is 58.3 Å². The fourth-order valence-corrected chi connectivity index (χ4v) is 5.54. The van der Waals surface area contributed by atoms with Crippen molar-refractivity contribution in [2.45, 2.75) is 62.3 Å². The normalized spacial score (nSPS) is 29.1. The lowest BCUT2D eigenvalue weighted by atomic mass is 9.71. The molecule has 4 fully saturated rings. The Morgan fingerprint density at radius 1 is 1.35 bits per heavy atom. The zero-order valence-corrected chi connectivity index (χ0v) is 19.0. The van der Waals surface area contributed by atoms with Crippen LogP contribution in [0.2, 0.25) is 5.02 Å². The summed E-state index contributed by atoms with van der Waals surface area (Å²) < 4.78 is 29.6. The minimum Gasteiger partial charge on any atom is -0.378 e. The second-order valence-electron chi connectivity index (χ2n) is 9.15. The van der Waals surface area contributed by atoms with Gasteiger partial charge in [-0.15, -0.1) is 0 Å². The number of carbonyl (C=O) groups excluding carboxylic acids is 3. The molecule has 4 aliphatic rings. The number of fused-ring (bicyclic) bond motifs is 3. The van der Waals surface area contributed by atoms with Gasteiger partial charge >= 0.3 is 0 Å². The molecule has 3 amide bonds. The molecule has 0 radical (unpaired) electrons. The largest absolute Gasteiger partial charge is 0.378 e. The zero-order chi connectivity index (χ0) is 24.6. The van der Waals surface area contributed by atoms with Gasteiger partial charge in [0.2, 0.25) is 11.8 Å². The molecule has 8 nitrogen and oxygen atoms in total. The van der Waals surface area contributed by atoms with Gasteiger partial charge in [-0.25, -0.2) is 8.78 Å². The summed E-state index contributed by atoms with van der Waals surface area (Å²) in [5.41, 5.74) is 0.187. The third-order valence-corrected chi connectivity index (χ3v) is 7.25. The minimum absolute atomic E-state index is 0.0368. The summed E-state index contributed by atoms with van der Waals surface area (Å²) in [7, 11) is 0. The van der Waals surface area contributed by atoms with Gasteiger partial charge in [-0.1, -0.05) is 23.7 Å². The molecule has 3 aliphatic heterocycles. The lowest BCUT2D eigenvalue weighted by molar-refractivity contribution is -0.198. The van der Waals surface area contributed by atoms with Crippen molar-refractivity contribution in [1.82, 2.24) is 15.5 Å². The van der Waals surface area contributed by atoms with E-state index >= 15 is 0 Å². The van der Waals surface area contributed by atoms with Crippen LogP contribution in [0.15, 0.2) is 24.3 Å². The molecule has 0 aromatic heterocycles. The fourth-order valence-electron chi connectivity index (χ4n) is 5.34. The van der Waals surface area contributed by atoms with E-state index in [2.05, 4.69) is 10.6 Å². The quantitative estimate of drug-likeness (QED) is 0.557. The number of piperidine rings is 2. The molecule has 6 atom stereocenters. The third-order valence-electron chi connectivity index (χ3n) is 7.01. The van der Waals surface area contributed by atoms with E-state index in [9.17, 15) is 33.5 Å². The Kier molecular flexibility index (Phi) is 6.78. The van der Waals surface area contributed by atoms with Gasteiger partial charge in [-0.2, -0.15) is 5.26 Å². The maximum atomic E-state index is 14.8. The number of aliphatic hydroxyl groups excluding tert-OH is 1. The van der Waals surface area contributed by atoms with Gasteiger partial charge in [-0.3, -0.25) is 14.4 Å². The van der Waals surface area contributed by atoms with Crippen LogP contribution in [0.1, 0.15) is 43.8 Å². The monoisotopic (exact) mass is 494 g/mol. The topological polar surface area (TPSA) is 123 Å². The average Bonchev–Trinajstić information content (AvgIpc) is 3.20. The first-order valence-electron chi connectivity index (χ1n) is 11.2. The first-order valence-corrected chi connectivity index (χ1v) is 11.6. The van der Waals surface area contributed by atoms with Crippen molar-refractivity contribution in [3.8, 4) is 6.07 Å². The van der Waals surface area contributed by atoms with E-state index < -0.39 is 60.2 Å². The molecule has 1 aromatic rings. The summed E-state index contributed by atoms with van der Waals surface area (Å²) in [5.74, 6) is -7.05. The second kappa shape index (κ2) is 9.47. The van der Waals surface area contributed by atoms with Gasteiger partial charge in [0, 0.05) is 29.9 Å². The molecule has 3 heterocycles. The molecule has 1 aliphatic carbocycles. The lowest BCUT2D eigenvalue weighted by Crippen LogP contribution is -2.69. The number of amides is 3. The molecular formula is C23H25ClF2N4O4. The Hall–Kier alpha value is -2.77. The number of halogens is 3. The van der Waals surface area contributed by atoms with Crippen LogP contribution < -0.4 is 10.6 Å². The summed E-state index contributed by atoms with van der Waals surface area (Å²) in [6, 6.07) is 4.35. The predicted octanol–water partition coefficient (Wildman–Crippen LogP) is 1.92. The summed E-state index contributed by atoms with van der Waals surface area (Å²) in [6.07, 6.45) is -1.41. The smallest absolute Gasteiger partial charge is 0.256 e. The van der Waals surface area contributed by atoms with Gasteiger partial charge in [0.1, 0.15) is 12.1 Å². The number of benzene rings is 1. The molecule has 182 valence electrons. The number of hydrogen-bond donors (Lipinski definition) is 3. The number of aliphatic hydroxyl groups is 1. The first-order chi connectivity index (χ1) is 16.1. The van der Waals surface area contributed by atoms with Crippen LogP contribution in [0, 0.1) is 23.2 Å². The molecule has 5 rings (SSSR count). The molecule has 3 saturated heterocycles. The van der Waals surface area contributed by atoms with E-state index in [0.717, 1.165) is 4.90 Å². The van der Waals surface area contributed by atoms with Crippen LogP contribution in [0.3, 0.4) is 0 Å². The maximum absolute atomic E-state index is 14.8. The molecule has 1 aromatic carbocycles. The Bertz CT molecular complexity index is 1030. The Labute approximate surface area is 200 Å². The van der Waals surface area contributed by atoms with Crippen molar-refractivity contribution in [3.05, 3.63) is 34.9 Å². The van der Waals surface area contributed by atoms with Gasteiger partial charge < -0.3 is 20.6 Å². The number of rotatable bonds is 6. The van der Waals surface area contributed by atoms with E-state index in [1.165, 1.54) is 12.1 Å². The number of nitriles is 1. The molecule has 2 bridgehead atoms. The number of nitrogens with zero attached hydrogens (tertiary/aromatic N) is 2. The maximum Gasteiger partial charge on any atom is 0.256 e. The van der Waals surface area contributed by atoms with Gasteiger partial charge in [0.25, 0.3) is 11.8 Å². The second-order valence-corrected chi connectivity index (χ2v) is 9.59. The summed E-state index contributed by atoms with van der Waals surface area (Å²) >= 11 is 5.95. The van der Waals surface area contributed by atoms with Crippen LogP contribution in [-0.2, 0) is 14.4 Å². The standard InChI is InChI=1S/C23H25ClF2N4O4/c24-14-3-1-2-12(8-14)19(31)22(34)30-16-4-5-17(23(25,26)10-16)18(30)21(33)29-15(11-27)9-13-6-7-28-20(13)32/h1-3,8,13,15-19,31H,4-7,9-10H2,(H,28,32)(H,29,33)/t13-,15-,16-,17-,18-,19+/m0/s1. The SMILES string of the molecule is N#C[C@H](C[C@@H]1CCNC1=O)NC(=O)[C@@H]1[C@@H]2CC[C@@H](CC2(F)F)N1C(=O)[C@H](O)c1cccc(Cl)c1. The lowest BCUT2D eigenvalue weighted by Gasteiger charge is -2.54. The van der Waals surface area contributed by atoms with Gasteiger partial charge in [0.05, 0.1) is 12.0 Å². The van der Waals surface area contributed by atoms with Crippen molar-refractivity contribution >= 4 is 29.3 Å². The number of alkyl halides is 2. The van der Waals surface area contributed by atoms with Crippen LogP contribution in [0.25, 0.3) is 0 Å². The Morgan fingerprint density at radius 3 is 2.74 bits per heavy atom. The molecular weight excluding hydrogens is 470 g/mol. The highest BCUT2D eigenvalue weighted by Gasteiger charge is 2.61. The van der Waals surface area contributed by atoms with Crippen LogP contribution in [0.4, 0.5) is 8.78 Å². The highest BCUT2D eigenvalue weighted by molar-refractivity contribution is 6.30. The van der Waals surface area contributed by atoms with Crippen molar-refractivity contribution < 1.29 is 28.3 Å². The van der Waals surface area contributed by atoms with Crippen LogP contribution >= 0.6 is 11.6 Å². The van der Waals surface area contributed by atoms with Gasteiger partial charge in [-0.05, 0) is 43.4 Å². The zero-order valence-electron chi connectivity index (χ0n) is 18.2. The fraction of sp³-hybridized carbons (Fsp3) is 0.565. The Morgan fingerprint density at radius 2 is 2.12 bits per heavy atom. The average molecular weight is 495 g/mol.